The van der Waals surface area contributed by atoms with Crippen LogP contribution in [0.25, 0.3) is 0 Å². The SMILES string of the molecule is Cc1ccc(C(=O)CCC(=O)N2CCC(NC(=O)c3ccccc3O)CC2)cc1. The Labute approximate surface area is 170 Å². The summed E-state index contributed by atoms with van der Waals surface area (Å²) in [6.45, 7) is 3.05. The summed E-state index contributed by atoms with van der Waals surface area (Å²) >= 11 is 0. The molecule has 2 N–H and O–H groups in total. The minimum atomic E-state index is -0.309. The van der Waals surface area contributed by atoms with E-state index in [1.807, 2.05) is 19.1 Å². The highest BCUT2D eigenvalue weighted by atomic mass is 16.3. The third-order valence-corrected chi connectivity index (χ3v) is 5.27. The molecule has 3 rings (SSSR count). The Morgan fingerprint density at radius 2 is 1.66 bits per heavy atom. The first-order valence-corrected chi connectivity index (χ1v) is 9.90. The van der Waals surface area contributed by atoms with Crippen LogP contribution in [-0.2, 0) is 4.79 Å². The largest absolute Gasteiger partial charge is 0.507 e. The number of hydrogen-bond donors (Lipinski definition) is 2. The Morgan fingerprint density at radius 3 is 2.31 bits per heavy atom. The number of para-hydroxylation sites is 1. The molecule has 29 heavy (non-hydrogen) atoms. The van der Waals surface area contributed by atoms with Gasteiger partial charge >= 0.3 is 0 Å². The summed E-state index contributed by atoms with van der Waals surface area (Å²) < 4.78 is 0. The van der Waals surface area contributed by atoms with E-state index >= 15 is 0 Å². The highest BCUT2D eigenvalue weighted by Gasteiger charge is 2.25. The predicted molar refractivity (Wildman–Crippen MR) is 110 cm³/mol. The van der Waals surface area contributed by atoms with Crippen molar-refractivity contribution in [3.05, 3.63) is 65.2 Å². The number of hydrogen-bond acceptors (Lipinski definition) is 4. The van der Waals surface area contributed by atoms with Crippen molar-refractivity contribution in [3.8, 4) is 5.75 Å². The van der Waals surface area contributed by atoms with Crippen LogP contribution in [0.5, 0.6) is 5.75 Å². The van der Waals surface area contributed by atoms with Crippen LogP contribution >= 0.6 is 0 Å². The number of amides is 2. The van der Waals surface area contributed by atoms with Gasteiger partial charge in [-0.15, -0.1) is 0 Å². The van der Waals surface area contributed by atoms with Crippen molar-refractivity contribution in [2.24, 2.45) is 0 Å². The van der Waals surface area contributed by atoms with Crippen molar-refractivity contribution in [2.45, 2.75) is 38.6 Å². The van der Waals surface area contributed by atoms with Gasteiger partial charge < -0.3 is 15.3 Å². The number of phenolic OH excluding ortho intramolecular Hbond substituents is 1. The number of nitrogens with zero attached hydrogens (tertiary/aromatic N) is 1. The molecule has 0 aliphatic carbocycles. The van der Waals surface area contributed by atoms with Crippen LogP contribution in [0.2, 0.25) is 0 Å². The molecule has 0 bridgehead atoms. The van der Waals surface area contributed by atoms with Gasteiger partial charge in [0.25, 0.3) is 5.91 Å². The number of likely N-dealkylation sites (tertiary alicyclic amines) is 1. The lowest BCUT2D eigenvalue weighted by molar-refractivity contribution is -0.132. The van der Waals surface area contributed by atoms with Gasteiger partial charge in [-0.1, -0.05) is 42.0 Å². The van der Waals surface area contributed by atoms with Gasteiger partial charge in [-0.3, -0.25) is 14.4 Å². The molecule has 2 aromatic carbocycles. The van der Waals surface area contributed by atoms with E-state index in [1.165, 1.54) is 6.07 Å². The van der Waals surface area contributed by atoms with Crippen LogP contribution in [0.3, 0.4) is 0 Å². The number of carbonyl (C=O) groups is 3. The summed E-state index contributed by atoms with van der Waals surface area (Å²) in [5, 5.41) is 12.7. The number of carbonyl (C=O) groups excluding carboxylic acids is 3. The van der Waals surface area contributed by atoms with Crippen molar-refractivity contribution < 1.29 is 19.5 Å². The number of rotatable bonds is 6. The molecule has 0 aromatic heterocycles. The Hall–Kier alpha value is -3.15. The van der Waals surface area contributed by atoms with Crippen LogP contribution in [-0.4, -0.2) is 46.7 Å². The first kappa shape index (κ1) is 20.6. The molecule has 0 unspecified atom stereocenters. The Balaban J connectivity index is 1.43. The number of Topliss-reactive ketones (excluding diaryl/α,β-unsaturated/α-hetero) is 1. The second-order valence-corrected chi connectivity index (χ2v) is 7.43. The number of phenols is 1. The summed E-state index contributed by atoms with van der Waals surface area (Å²) in [6.07, 6.45) is 1.70. The monoisotopic (exact) mass is 394 g/mol. The van der Waals surface area contributed by atoms with Crippen molar-refractivity contribution in [2.75, 3.05) is 13.1 Å². The zero-order valence-corrected chi connectivity index (χ0v) is 16.6. The molecule has 1 fully saturated rings. The molecule has 1 saturated heterocycles. The van der Waals surface area contributed by atoms with Gasteiger partial charge in [0.2, 0.25) is 5.91 Å². The average molecular weight is 394 g/mol. The third kappa shape index (κ3) is 5.44. The van der Waals surface area contributed by atoms with E-state index in [4.69, 9.17) is 0 Å². The van der Waals surface area contributed by atoms with Crippen molar-refractivity contribution >= 4 is 17.6 Å². The lowest BCUT2D eigenvalue weighted by Gasteiger charge is -2.32. The standard InChI is InChI=1S/C23H26N2O4/c1-16-6-8-17(9-7-16)20(26)10-11-22(28)25-14-12-18(13-15-25)24-23(29)19-4-2-3-5-21(19)27/h2-9,18,27H,10-15H2,1H3,(H,24,29). The van der Waals surface area contributed by atoms with E-state index < -0.39 is 0 Å². The van der Waals surface area contributed by atoms with Crippen molar-refractivity contribution in [3.63, 3.8) is 0 Å². The Kier molecular flexibility index (Phi) is 6.65. The molecule has 1 heterocycles. The topological polar surface area (TPSA) is 86.7 Å². The fraction of sp³-hybridized carbons (Fsp3) is 0.348. The number of benzene rings is 2. The number of aryl methyl sites for hydroxylation is 1. The number of aromatic hydroxyl groups is 1. The molecule has 6 nitrogen and oxygen atoms in total. The highest BCUT2D eigenvalue weighted by molar-refractivity contribution is 5.98. The van der Waals surface area contributed by atoms with Crippen LogP contribution < -0.4 is 5.32 Å². The van der Waals surface area contributed by atoms with E-state index in [-0.39, 0.29) is 47.8 Å². The van der Waals surface area contributed by atoms with Gasteiger partial charge in [0.15, 0.2) is 5.78 Å². The highest BCUT2D eigenvalue weighted by Crippen LogP contribution is 2.18. The summed E-state index contributed by atoms with van der Waals surface area (Å²) in [6, 6.07) is 13.8. The lowest BCUT2D eigenvalue weighted by Crippen LogP contribution is -2.46. The first-order chi connectivity index (χ1) is 13.9. The molecule has 1 aliphatic heterocycles. The predicted octanol–water partition coefficient (Wildman–Crippen LogP) is 3.08. The summed E-state index contributed by atoms with van der Waals surface area (Å²) in [5.41, 5.74) is 1.98. The summed E-state index contributed by atoms with van der Waals surface area (Å²) in [5.74, 6) is -0.411. The van der Waals surface area contributed by atoms with Crippen LogP contribution in [0.1, 0.15) is 52.0 Å². The van der Waals surface area contributed by atoms with Gasteiger partial charge in [0.05, 0.1) is 5.56 Å². The Bertz CT molecular complexity index is 884. The van der Waals surface area contributed by atoms with E-state index in [1.54, 1.807) is 35.2 Å². The molecule has 152 valence electrons. The molecule has 2 aromatic rings. The summed E-state index contributed by atoms with van der Waals surface area (Å²) in [7, 11) is 0. The molecular weight excluding hydrogens is 368 g/mol. The van der Waals surface area contributed by atoms with Crippen LogP contribution in [0, 0.1) is 6.92 Å². The average Bonchev–Trinajstić information content (AvgIpc) is 2.73. The zero-order valence-electron chi connectivity index (χ0n) is 16.6. The smallest absolute Gasteiger partial charge is 0.255 e. The molecule has 0 saturated carbocycles. The number of nitrogens with one attached hydrogen (secondary N) is 1. The summed E-state index contributed by atoms with van der Waals surface area (Å²) in [4.78, 5) is 38.7. The van der Waals surface area contributed by atoms with E-state index in [2.05, 4.69) is 5.32 Å². The zero-order chi connectivity index (χ0) is 20.8. The minimum Gasteiger partial charge on any atom is -0.507 e. The van der Waals surface area contributed by atoms with Gasteiger partial charge in [-0.2, -0.15) is 0 Å². The lowest BCUT2D eigenvalue weighted by atomic mass is 10.0. The fourth-order valence-electron chi connectivity index (χ4n) is 3.46. The van der Waals surface area contributed by atoms with E-state index in [9.17, 15) is 19.5 Å². The van der Waals surface area contributed by atoms with Crippen molar-refractivity contribution in [1.29, 1.82) is 0 Å². The molecule has 6 heteroatoms. The Morgan fingerprint density at radius 1 is 1.00 bits per heavy atom. The molecular formula is C23H26N2O4. The second-order valence-electron chi connectivity index (χ2n) is 7.43. The van der Waals surface area contributed by atoms with Crippen LogP contribution in [0.15, 0.2) is 48.5 Å². The maximum absolute atomic E-state index is 12.4. The van der Waals surface area contributed by atoms with Gasteiger partial charge in [-0.05, 0) is 31.9 Å². The number of ketones is 1. The molecule has 0 spiro atoms. The van der Waals surface area contributed by atoms with Crippen molar-refractivity contribution in [1.82, 2.24) is 10.2 Å². The van der Waals surface area contributed by atoms with E-state index in [0.29, 0.717) is 31.5 Å². The molecule has 2 amide bonds. The van der Waals surface area contributed by atoms with Gasteiger partial charge in [0, 0.05) is 37.5 Å². The van der Waals surface area contributed by atoms with Gasteiger partial charge in [-0.25, -0.2) is 0 Å². The molecule has 1 aliphatic rings. The quantitative estimate of drug-likeness (QED) is 0.737. The second kappa shape index (κ2) is 9.37. The maximum atomic E-state index is 12.4. The minimum absolute atomic E-state index is 0.0248. The van der Waals surface area contributed by atoms with Gasteiger partial charge in [0.1, 0.15) is 5.75 Å². The van der Waals surface area contributed by atoms with Crippen LogP contribution in [0.4, 0.5) is 0 Å². The fourth-order valence-corrected chi connectivity index (χ4v) is 3.46. The molecule has 0 radical (unpaired) electrons. The first-order valence-electron chi connectivity index (χ1n) is 9.90. The maximum Gasteiger partial charge on any atom is 0.255 e. The number of piperidine rings is 1. The van der Waals surface area contributed by atoms with E-state index in [0.717, 1.165) is 5.56 Å². The third-order valence-electron chi connectivity index (χ3n) is 5.27. The molecule has 0 atom stereocenters. The normalized spacial score (nSPS) is 14.4.